The van der Waals surface area contributed by atoms with Crippen LogP contribution in [0.25, 0.3) is 5.69 Å². The van der Waals surface area contributed by atoms with Crippen LogP contribution >= 0.6 is 11.6 Å². The molecule has 2 aromatic carbocycles. The second kappa shape index (κ2) is 6.98. The number of carbonyl (C=O) groups excluding carboxylic acids is 1. The molecule has 0 radical (unpaired) electrons. The van der Waals surface area contributed by atoms with E-state index in [1.807, 2.05) is 30.3 Å². The lowest BCUT2D eigenvalue weighted by Crippen LogP contribution is -2.20. The molecule has 0 aliphatic heterocycles. The summed E-state index contributed by atoms with van der Waals surface area (Å²) in [6.07, 6.45) is 1.75. The number of rotatable bonds is 5. The van der Waals surface area contributed by atoms with Crippen LogP contribution in [0.5, 0.6) is 5.75 Å². The van der Waals surface area contributed by atoms with Crippen LogP contribution in [-0.4, -0.2) is 22.3 Å². The lowest BCUT2D eigenvalue weighted by Gasteiger charge is -2.05. The maximum atomic E-state index is 11.9. The topological polar surface area (TPSA) is 56.1 Å². The maximum Gasteiger partial charge on any atom is 0.263 e. The molecule has 0 unspecified atom stereocenters. The summed E-state index contributed by atoms with van der Waals surface area (Å²) in [5, 5.41) is 7.60. The highest BCUT2D eigenvalue weighted by atomic mass is 35.5. The van der Waals surface area contributed by atoms with Crippen LogP contribution in [0.1, 0.15) is 0 Å². The lowest BCUT2D eigenvalue weighted by molar-refractivity contribution is -0.118. The Labute approximate surface area is 138 Å². The fourth-order valence-electron chi connectivity index (χ4n) is 2.00. The largest absolute Gasteiger partial charge is 0.484 e. The van der Waals surface area contributed by atoms with Gasteiger partial charge in [0.2, 0.25) is 0 Å². The van der Waals surface area contributed by atoms with Crippen LogP contribution in [0, 0.1) is 0 Å². The Kier molecular flexibility index (Phi) is 4.59. The first-order valence-electron chi connectivity index (χ1n) is 7.00. The van der Waals surface area contributed by atoms with Gasteiger partial charge in [0.15, 0.2) is 12.4 Å². The van der Waals surface area contributed by atoms with Crippen molar-refractivity contribution in [1.82, 2.24) is 9.78 Å². The molecular formula is C17H14ClN3O2. The molecule has 3 rings (SSSR count). The molecule has 0 aliphatic rings. The number of ether oxygens (including phenoxy) is 1. The zero-order valence-electron chi connectivity index (χ0n) is 12.1. The van der Waals surface area contributed by atoms with Crippen molar-refractivity contribution >= 4 is 23.3 Å². The molecular weight excluding hydrogens is 314 g/mol. The van der Waals surface area contributed by atoms with Crippen LogP contribution < -0.4 is 10.1 Å². The lowest BCUT2D eigenvalue weighted by atomic mass is 10.3. The van der Waals surface area contributed by atoms with E-state index >= 15 is 0 Å². The molecule has 0 atom stereocenters. The first kappa shape index (κ1) is 15.1. The maximum absolute atomic E-state index is 11.9. The third-order valence-electron chi connectivity index (χ3n) is 3.04. The summed E-state index contributed by atoms with van der Waals surface area (Å²) in [5.41, 5.74) is 0.818. The van der Waals surface area contributed by atoms with Gasteiger partial charge < -0.3 is 10.1 Å². The highest BCUT2D eigenvalue weighted by molar-refractivity contribution is 6.30. The van der Waals surface area contributed by atoms with E-state index in [1.54, 1.807) is 41.2 Å². The van der Waals surface area contributed by atoms with E-state index in [-0.39, 0.29) is 12.5 Å². The van der Waals surface area contributed by atoms with E-state index in [9.17, 15) is 4.79 Å². The molecule has 0 saturated carbocycles. The highest BCUT2D eigenvalue weighted by Crippen LogP contribution is 2.15. The molecule has 0 bridgehead atoms. The Morgan fingerprint density at radius 3 is 2.74 bits per heavy atom. The summed E-state index contributed by atoms with van der Waals surface area (Å²) in [6, 6.07) is 18.2. The summed E-state index contributed by atoms with van der Waals surface area (Å²) in [7, 11) is 0. The van der Waals surface area contributed by atoms with Crippen molar-refractivity contribution in [3.05, 3.63) is 71.9 Å². The molecule has 0 saturated heterocycles. The van der Waals surface area contributed by atoms with Crippen molar-refractivity contribution in [3.8, 4) is 11.4 Å². The van der Waals surface area contributed by atoms with Crippen molar-refractivity contribution in [3.63, 3.8) is 0 Å². The molecule has 5 nitrogen and oxygen atoms in total. The number of hydrogen-bond donors (Lipinski definition) is 1. The van der Waals surface area contributed by atoms with Crippen LogP contribution in [-0.2, 0) is 4.79 Å². The van der Waals surface area contributed by atoms with Gasteiger partial charge in [-0.25, -0.2) is 4.68 Å². The molecule has 23 heavy (non-hydrogen) atoms. The smallest absolute Gasteiger partial charge is 0.263 e. The summed E-state index contributed by atoms with van der Waals surface area (Å²) in [4.78, 5) is 11.9. The number of aromatic nitrogens is 2. The van der Waals surface area contributed by atoms with Gasteiger partial charge in [-0.05, 0) is 30.3 Å². The van der Waals surface area contributed by atoms with Crippen molar-refractivity contribution in [2.24, 2.45) is 0 Å². The van der Waals surface area contributed by atoms with Gasteiger partial charge in [0.05, 0.1) is 5.69 Å². The minimum atomic E-state index is -0.273. The summed E-state index contributed by atoms with van der Waals surface area (Å²) in [6.45, 7) is -0.0754. The third kappa shape index (κ3) is 4.11. The quantitative estimate of drug-likeness (QED) is 0.779. The zero-order valence-corrected chi connectivity index (χ0v) is 12.9. The molecule has 0 spiro atoms. The Morgan fingerprint density at radius 2 is 1.96 bits per heavy atom. The number of hydrogen-bond acceptors (Lipinski definition) is 3. The van der Waals surface area contributed by atoms with Gasteiger partial charge in [0, 0.05) is 17.3 Å². The number of amides is 1. The van der Waals surface area contributed by atoms with Crippen LogP contribution in [0.3, 0.4) is 0 Å². The molecule has 0 aliphatic carbocycles. The number of nitrogens with zero attached hydrogens (tertiary/aromatic N) is 2. The number of carbonyl (C=O) groups is 1. The molecule has 1 amide bonds. The van der Waals surface area contributed by atoms with Gasteiger partial charge >= 0.3 is 0 Å². The molecule has 116 valence electrons. The predicted molar refractivity (Wildman–Crippen MR) is 89.1 cm³/mol. The Bertz CT molecular complexity index is 802. The van der Waals surface area contributed by atoms with E-state index in [2.05, 4.69) is 10.4 Å². The molecule has 1 N–H and O–H groups in total. The van der Waals surface area contributed by atoms with Gasteiger partial charge in [-0.15, -0.1) is 0 Å². The Balaban J connectivity index is 1.59. The Morgan fingerprint density at radius 1 is 1.13 bits per heavy atom. The second-order valence-electron chi connectivity index (χ2n) is 4.78. The first-order chi connectivity index (χ1) is 11.2. The van der Waals surface area contributed by atoms with Crippen molar-refractivity contribution < 1.29 is 9.53 Å². The predicted octanol–water partition coefficient (Wildman–Crippen LogP) is 3.54. The SMILES string of the molecule is O=C(COc1ccccc1)Nc1ccn(-c2cccc(Cl)c2)n1. The van der Waals surface area contributed by atoms with E-state index in [0.717, 1.165) is 5.69 Å². The van der Waals surface area contributed by atoms with Crippen LogP contribution in [0.2, 0.25) is 5.02 Å². The minimum absolute atomic E-state index is 0.0754. The van der Waals surface area contributed by atoms with Gasteiger partial charge in [-0.2, -0.15) is 5.10 Å². The van der Waals surface area contributed by atoms with Gasteiger partial charge in [0.1, 0.15) is 5.75 Å². The van der Waals surface area contributed by atoms with E-state index in [4.69, 9.17) is 16.3 Å². The molecule has 1 heterocycles. The van der Waals surface area contributed by atoms with E-state index < -0.39 is 0 Å². The monoisotopic (exact) mass is 327 g/mol. The number of para-hydroxylation sites is 1. The minimum Gasteiger partial charge on any atom is -0.484 e. The van der Waals surface area contributed by atoms with E-state index in [0.29, 0.717) is 16.6 Å². The summed E-state index contributed by atoms with van der Waals surface area (Å²) >= 11 is 5.96. The van der Waals surface area contributed by atoms with Crippen LogP contribution in [0.4, 0.5) is 5.82 Å². The van der Waals surface area contributed by atoms with Crippen molar-refractivity contribution in [2.75, 3.05) is 11.9 Å². The highest BCUT2D eigenvalue weighted by Gasteiger charge is 2.07. The normalized spacial score (nSPS) is 10.3. The van der Waals surface area contributed by atoms with E-state index in [1.165, 1.54) is 0 Å². The fraction of sp³-hybridized carbons (Fsp3) is 0.0588. The van der Waals surface area contributed by atoms with Crippen molar-refractivity contribution in [1.29, 1.82) is 0 Å². The number of nitrogens with one attached hydrogen (secondary N) is 1. The Hall–Kier alpha value is -2.79. The summed E-state index contributed by atoms with van der Waals surface area (Å²) in [5.74, 6) is 0.823. The fourth-order valence-corrected chi connectivity index (χ4v) is 2.18. The third-order valence-corrected chi connectivity index (χ3v) is 3.28. The number of halogens is 1. The standard InChI is InChI=1S/C17H14ClN3O2/c18-13-5-4-6-14(11-13)21-10-9-16(20-21)19-17(22)12-23-15-7-2-1-3-8-15/h1-11H,12H2,(H,19,20,22). The number of anilines is 1. The zero-order chi connectivity index (χ0) is 16.1. The van der Waals surface area contributed by atoms with Crippen molar-refractivity contribution in [2.45, 2.75) is 0 Å². The average Bonchev–Trinajstić information content (AvgIpc) is 3.02. The molecule has 3 aromatic rings. The molecule has 0 fully saturated rings. The molecule has 1 aromatic heterocycles. The van der Waals surface area contributed by atoms with Gasteiger partial charge in [0.25, 0.3) is 5.91 Å². The summed E-state index contributed by atoms with van der Waals surface area (Å²) < 4.78 is 7.02. The van der Waals surface area contributed by atoms with Gasteiger partial charge in [-0.3, -0.25) is 4.79 Å². The first-order valence-corrected chi connectivity index (χ1v) is 7.38. The number of benzene rings is 2. The molecule has 6 heteroatoms. The average molecular weight is 328 g/mol. The second-order valence-corrected chi connectivity index (χ2v) is 5.21. The van der Waals surface area contributed by atoms with Gasteiger partial charge in [-0.1, -0.05) is 35.9 Å². The van der Waals surface area contributed by atoms with Crippen LogP contribution in [0.15, 0.2) is 66.9 Å².